The van der Waals surface area contributed by atoms with Gasteiger partial charge in [0.05, 0.1) is 15.8 Å². The van der Waals surface area contributed by atoms with Crippen molar-refractivity contribution in [3.8, 4) is 0 Å². The first-order chi connectivity index (χ1) is 15.3. The molecule has 1 atom stereocenters. The predicted molar refractivity (Wildman–Crippen MR) is 121 cm³/mol. The lowest BCUT2D eigenvalue weighted by atomic mass is 10.0. The molecule has 0 bridgehead atoms. The highest BCUT2D eigenvalue weighted by Crippen LogP contribution is 2.24. The zero-order chi connectivity index (χ0) is 22.9. The highest BCUT2D eigenvalue weighted by atomic mass is 32.2. The molecular formula is C22H24N4O5S. The molecule has 168 valence electrons. The number of nitrogens with one attached hydrogen (secondary N) is 2. The molecule has 1 unspecified atom stereocenters. The molecule has 1 amide bonds. The lowest BCUT2D eigenvalue weighted by molar-refractivity contribution is -0.116. The number of benzene rings is 2. The predicted octanol–water partition coefficient (Wildman–Crippen LogP) is 1.75. The quantitative estimate of drug-likeness (QED) is 0.606. The summed E-state index contributed by atoms with van der Waals surface area (Å²) in [5, 5.41) is 2.91. The van der Waals surface area contributed by atoms with Crippen molar-refractivity contribution >= 4 is 32.5 Å². The van der Waals surface area contributed by atoms with Crippen LogP contribution in [0.2, 0.25) is 0 Å². The molecule has 1 saturated heterocycles. The molecule has 2 heterocycles. The third-order valence-electron chi connectivity index (χ3n) is 5.59. The number of para-hydroxylation sites is 1. The SMILES string of the molecule is CC1CCCN(S(=O)(=O)c2ccc(NC(=O)Cn3c(=O)[nH]c4ccccc4c3=O)cc2)C1. The lowest BCUT2D eigenvalue weighted by Crippen LogP contribution is -2.39. The van der Waals surface area contributed by atoms with Gasteiger partial charge < -0.3 is 10.3 Å². The van der Waals surface area contributed by atoms with E-state index in [0.717, 1.165) is 17.4 Å². The Morgan fingerprint density at radius 1 is 1.12 bits per heavy atom. The van der Waals surface area contributed by atoms with E-state index in [0.29, 0.717) is 35.6 Å². The number of sulfonamides is 1. The van der Waals surface area contributed by atoms with Crippen molar-refractivity contribution in [1.29, 1.82) is 0 Å². The second-order valence-corrected chi connectivity index (χ2v) is 9.99. The molecule has 2 N–H and O–H groups in total. The van der Waals surface area contributed by atoms with Crippen LogP contribution in [-0.4, -0.2) is 41.3 Å². The van der Waals surface area contributed by atoms with Crippen LogP contribution in [0.3, 0.4) is 0 Å². The van der Waals surface area contributed by atoms with Crippen LogP contribution in [-0.2, 0) is 21.4 Å². The highest BCUT2D eigenvalue weighted by molar-refractivity contribution is 7.89. The van der Waals surface area contributed by atoms with Gasteiger partial charge in [0, 0.05) is 18.8 Å². The number of aromatic nitrogens is 2. The first kappa shape index (κ1) is 22.0. The number of aromatic amines is 1. The summed E-state index contributed by atoms with van der Waals surface area (Å²) in [5.74, 6) is -0.257. The second kappa shape index (κ2) is 8.71. The molecule has 32 heavy (non-hydrogen) atoms. The van der Waals surface area contributed by atoms with Gasteiger partial charge in [0.1, 0.15) is 6.54 Å². The van der Waals surface area contributed by atoms with Gasteiger partial charge in [0.15, 0.2) is 0 Å². The van der Waals surface area contributed by atoms with Crippen LogP contribution in [0, 0.1) is 5.92 Å². The normalized spacial score (nSPS) is 17.3. The molecule has 4 rings (SSSR count). The Morgan fingerprint density at radius 2 is 1.84 bits per heavy atom. The topological polar surface area (TPSA) is 121 Å². The zero-order valence-corrected chi connectivity index (χ0v) is 18.4. The molecule has 2 aromatic carbocycles. The van der Waals surface area contributed by atoms with Crippen LogP contribution < -0.4 is 16.6 Å². The van der Waals surface area contributed by atoms with E-state index >= 15 is 0 Å². The average Bonchev–Trinajstić information content (AvgIpc) is 2.77. The van der Waals surface area contributed by atoms with Crippen molar-refractivity contribution in [2.75, 3.05) is 18.4 Å². The Morgan fingerprint density at radius 3 is 2.56 bits per heavy atom. The van der Waals surface area contributed by atoms with Gasteiger partial charge in [0.2, 0.25) is 15.9 Å². The summed E-state index contributed by atoms with van der Waals surface area (Å²) in [6, 6.07) is 12.4. The van der Waals surface area contributed by atoms with Crippen LogP contribution in [0.4, 0.5) is 5.69 Å². The van der Waals surface area contributed by atoms with E-state index in [2.05, 4.69) is 10.3 Å². The van der Waals surface area contributed by atoms with Crippen LogP contribution in [0.1, 0.15) is 19.8 Å². The Kier molecular flexibility index (Phi) is 5.98. The molecule has 1 aliphatic rings. The van der Waals surface area contributed by atoms with Crippen molar-refractivity contribution in [1.82, 2.24) is 13.9 Å². The maximum atomic E-state index is 12.9. The first-order valence-corrected chi connectivity index (χ1v) is 11.8. The number of H-pyrrole nitrogens is 1. The molecule has 0 saturated carbocycles. The standard InChI is InChI=1S/C22H24N4O5S/c1-15-5-4-12-25(13-15)32(30,31)17-10-8-16(9-11-17)23-20(27)14-26-21(28)18-6-2-3-7-19(18)24-22(26)29/h2-3,6-11,15H,4-5,12-14H2,1H3,(H,23,27)(H,24,29). The Labute approximate surface area is 184 Å². The largest absolute Gasteiger partial charge is 0.329 e. The number of rotatable bonds is 5. The number of anilines is 1. The minimum atomic E-state index is -3.59. The Hall–Kier alpha value is -3.24. The minimum absolute atomic E-state index is 0.159. The highest BCUT2D eigenvalue weighted by Gasteiger charge is 2.28. The van der Waals surface area contributed by atoms with Crippen molar-refractivity contribution in [2.45, 2.75) is 31.2 Å². The fourth-order valence-corrected chi connectivity index (χ4v) is 5.51. The van der Waals surface area contributed by atoms with Gasteiger partial charge in [-0.15, -0.1) is 0 Å². The maximum Gasteiger partial charge on any atom is 0.329 e. The van der Waals surface area contributed by atoms with Crippen LogP contribution in [0.15, 0.2) is 63.0 Å². The molecule has 1 fully saturated rings. The molecule has 1 aliphatic heterocycles. The number of hydrogen-bond donors (Lipinski definition) is 2. The molecule has 0 radical (unpaired) electrons. The summed E-state index contributed by atoms with van der Waals surface area (Å²) >= 11 is 0. The summed E-state index contributed by atoms with van der Waals surface area (Å²) in [4.78, 5) is 40.0. The summed E-state index contributed by atoms with van der Waals surface area (Å²) in [6.45, 7) is 2.56. The monoisotopic (exact) mass is 456 g/mol. The smallest absolute Gasteiger partial charge is 0.325 e. The van der Waals surface area contributed by atoms with E-state index in [-0.39, 0.29) is 4.90 Å². The third kappa shape index (κ3) is 4.37. The minimum Gasteiger partial charge on any atom is -0.325 e. The molecule has 9 nitrogen and oxygen atoms in total. The van der Waals surface area contributed by atoms with E-state index < -0.39 is 33.7 Å². The van der Waals surface area contributed by atoms with Crippen LogP contribution in [0.25, 0.3) is 10.9 Å². The number of hydrogen-bond acceptors (Lipinski definition) is 5. The Bertz CT molecular complexity index is 1380. The van der Waals surface area contributed by atoms with Gasteiger partial charge in [-0.3, -0.25) is 14.2 Å². The van der Waals surface area contributed by atoms with E-state index in [4.69, 9.17) is 0 Å². The summed E-state index contributed by atoms with van der Waals surface area (Å²) in [5.41, 5.74) is -0.469. The van der Waals surface area contributed by atoms with Gasteiger partial charge >= 0.3 is 5.69 Å². The number of fused-ring (bicyclic) bond motifs is 1. The number of carbonyl (C=O) groups excluding carboxylic acids is 1. The number of carbonyl (C=O) groups is 1. The fourth-order valence-electron chi connectivity index (χ4n) is 3.91. The summed E-state index contributed by atoms with van der Waals surface area (Å²) < 4.78 is 28.0. The van der Waals surface area contributed by atoms with Crippen LogP contribution in [0.5, 0.6) is 0 Å². The van der Waals surface area contributed by atoms with Crippen LogP contribution >= 0.6 is 0 Å². The van der Waals surface area contributed by atoms with Crippen molar-refractivity contribution in [3.63, 3.8) is 0 Å². The van der Waals surface area contributed by atoms with Gasteiger partial charge in [-0.25, -0.2) is 13.2 Å². The van der Waals surface area contributed by atoms with Gasteiger partial charge in [0.25, 0.3) is 5.56 Å². The van der Waals surface area contributed by atoms with Gasteiger partial charge in [-0.05, 0) is 55.2 Å². The van der Waals surface area contributed by atoms with Crippen molar-refractivity contribution in [3.05, 3.63) is 69.4 Å². The fraction of sp³-hybridized carbons (Fsp3) is 0.318. The number of amides is 1. The molecule has 3 aromatic rings. The maximum absolute atomic E-state index is 12.9. The van der Waals surface area contributed by atoms with Crippen molar-refractivity contribution in [2.24, 2.45) is 5.92 Å². The van der Waals surface area contributed by atoms with E-state index in [1.807, 2.05) is 6.92 Å². The zero-order valence-electron chi connectivity index (χ0n) is 17.6. The first-order valence-electron chi connectivity index (χ1n) is 10.4. The van der Waals surface area contributed by atoms with Gasteiger partial charge in [-0.2, -0.15) is 4.31 Å². The van der Waals surface area contributed by atoms with E-state index in [1.165, 1.54) is 28.6 Å². The average molecular weight is 457 g/mol. The van der Waals surface area contributed by atoms with Crippen molar-refractivity contribution < 1.29 is 13.2 Å². The van der Waals surface area contributed by atoms with Gasteiger partial charge in [-0.1, -0.05) is 19.1 Å². The third-order valence-corrected chi connectivity index (χ3v) is 7.47. The van der Waals surface area contributed by atoms with E-state index in [1.54, 1.807) is 24.3 Å². The lowest BCUT2D eigenvalue weighted by Gasteiger charge is -2.30. The molecule has 1 aromatic heterocycles. The summed E-state index contributed by atoms with van der Waals surface area (Å²) in [6.07, 6.45) is 1.85. The molecule has 0 aliphatic carbocycles. The molecule has 0 spiro atoms. The number of nitrogens with zero attached hydrogens (tertiary/aromatic N) is 2. The Balaban J connectivity index is 1.49. The molecular weight excluding hydrogens is 432 g/mol. The summed E-state index contributed by atoms with van der Waals surface area (Å²) in [7, 11) is -3.59. The molecule has 10 heteroatoms. The van der Waals surface area contributed by atoms with E-state index in [9.17, 15) is 22.8 Å². The second-order valence-electron chi connectivity index (χ2n) is 8.05. The number of piperidine rings is 1.